The zero-order valence-corrected chi connectivity index (χ0v) is 14.2. The van der Waals surface area contributed by atoms with Crippen LogP contribution in [0.4, 0.5) is 10.5 Å². The van der Waals surface area contributed by atoms with Crippen LogP contribution < -0.4 is 15.4 Å². The monoisotopic (exact) mass is 340 g/mol. The smallest absolute Gasteiger partial charge is 0.319 e. The van der Waals surface area contributed by atoms with Crippen LogP contribution in [0.3, 0.4) is 0 Å². The van der Waals surface area contributed by atoms with E-state index in [0.717, 1.165) is 36.3 Å². The van der Waals surface area contributed by atoms with Gasteiger partial charge in [-0.2, -0.15) is 0 Å². The van der Waals surface area contributed by atoms with Crippen LogP contribution in [0.15, 0.2) is 54.6 Å². The van der Waals surface area contributed by atoms with Crippen LogP contribution in [-0.4, -0.2) is 23.8 Å². The number of hydrogen-bond donors (Lipinski definition) is 3. The summed E-state index contributed by atoms with van der Waals surface area (Å²) in [5, 5.41) is 15.6. The standard InChI is InChI=1S/C20H24N2O3/c23-19-12-6-8-15(19)13-21-20(24)22-18-11-5-4-7-16(18)14-25-17-9-2-1-3-10-17/h1-5,7,9-11,15,19,23H,6,8,12-14H2,(H2,21,22,24)/t15-,19+/m0/s1. The highest BCUT2D eigenvalue weighted by molar-refractivity contribution is 5.90. The average Bonchev–Trinajstić information content (AvgIpc) is 3.05. The van der Waals surface area contributed by atoms with Gasteiger partial charge in [-0.25, -0.2) is 4.79 Å². The van der Waals surface area contributed by atoms with E-state index in [1.54, 1.807) is 0 Å². The second-order valence-corrected chi connectivity index (χ2v) is 6.35. The number of benzene rings is 2. The Labute approximate surface area is 148 Å². The summed E-state index contributed by atoms with van der Waals surface area (Å²) in [7, 11) is 0. The first kappa shape index (κ1) is 17.3. The molecule has 5 nitrogen and oxygen atoms in total. The van der Waals surface area contributed by atoms with Crippen molar-refractivity contribution in [3.8, 4) is 5.75 Å². The third-order valence-electron chi connectivity index (χ3n) is 4.55. The van der Waals surface area contributed by atoms with Gasteiger partial charge in [0.1, 0.15) is 12.4 Å². The van der Waals surface area contributed by atoms with Crippen molar-refractivity contribution in [3.63, 3.8) is 0 Å². The van der Waals surface area contributed by atoms with Crippen molar-refractivity contribution >= 4 is 11.7 Å². The van der Waals surface area contributed by atoms with Gasteiger partial charge in [0.25, 0.3) is 0 Å². The molecular weight excluding hydrogens is 316 g/mol. The molecule has 3 N–H and O–H groups in total. The van der Waals surface area contributed by atoms with E-state index in [2.05, 4.69) is 10.6 Å². The summed E-state index contributed by atoms with van der Waals surface area (Å²) in [6.07, 6.45) is 2.51. The molecule has 2 amide bonds. The van der Waals surface area contributed by atoms with E-state index in [4.69, 9.17) is 4.74 Å². The van der Waals surface area contributed by atoms with Gasteiger partial charge in [-0.3, -0.25) is 0 Å². The number of aliphatic hydroxyl groups is 1. The van der Waals surface area contributed by atoms with Gasteiger partial charge < -0.3 is 20.5 Å². The molecule has 1 saturated carbocycles. The Bertz CT molecular complexity index is 690. The minimum absolute atomic E-state index is 0.155. The van der Waals surface area contributed by atoms with Crippen LogP contribution in [0.25, 0.3) is 0 Å². The van der Waals surface area contributed by atoms with E-state index in [1.165, 1.54) is 0 Å². The molecular formula is C20H24N2O3. The number of anilines is 1. The minimum Gasteiger partial charge on any atom is -0.489 e. The molecule has 5 heteroatoms. The first-order valence-corrected chi connectivity index (χ1v) is 8.71. The molecule has 0 spiro atoms. The zero-order valence-electron chi connectivity index (χ0n) is 14.2. The number of urea groups is 1. The number of para-hydroxylation sites is 2. The Kier molecular flexibility index (Phi) is 5.90. The number of aliphatic hydroxyl groups excluding tert-OH is 1. The fourth-order valence-corrected chi connectivity index (χ4v) is 3.09. The van der Waals surface area contributed by atoms with E-state index < -0.39 is 0 Å². The van der Waals surface area contributed by atoms with Gasteiger partial charge in [-0.1, -0.05) is 42.8 Å². The molecule has 1 aliphatic rings. The summed E-state index contributed by atoms with van der Waals surface area (Å²) in [6, 6.07) is 16.9. The number of nitrogens with one attached hydrogen (secondary N) is 2. The Hall–Kier alpha value is -2.53. The molecule has 0 unspecified atom stereocenters. The molecule has 25 heavy (non-hydrogen) atoms. The van der Waals surface area contributed by atoms with Crippen molar-refractivity contribution in [2.45, 2.75) is 32.0 Å². The first-order chi connectivity index (χ1) is 12.2. The van der Waals surface area contributed by atoms with Crippen molar-refractivity contribution in [1.29, 1.82) is 0 Å². The molecule has 1 fully saturated rings. The number of amides is 2. The van der Waals surface area contributed by atoms with Crippen molar-refractivity contribution in [2.24, 2.45) is 5.92 Å². The molecule has 1 aliphatic carbocycles. The quantitative estimate of drug-likeness (QED) is 0.753. The first-order valence-electron chi connectivity index (χ1n) is 8.71. The van der Waals surface area contributed by atoms with Crippen LogP contribution in [0.1, 0.15) is 24.8 Å². The summed E-state index contributed by atoms with van der Waals surface area (Å²) in [5.74, 6) is 0.944. The van der Waals surface area contributed by atoms with Crippen LogP contribution in [0.5, 0.6) is 5.75 Å². The van der Waals surface area contributed by atoms with E-state index in [0.29, 0.717) is 13.2 Å². The minimum atomic E-state index is -0.299. The van der Waals surface area contributed by atoms with Gasteiger partial charge in [-0.05, 0) is 31.0 Å². The number of carbonyl (C=O) groups excluding carboxylic acids is 1. The molecule has 132 valence electrons. The Morgan fingerprint density at radius 1 is 1.08 bits per heavy atom. The van der Waals surface area contributed by atoms with Crippen LogP contribution in [-0.2, 0) is 6.61 Å². The van der Waals surface area contributed by atoms with Gasteiger partial charge in [0.15, 0.2) is 0 Å². The van der Waals surface area contributed by atoms with Gasteiger partial charge >= 0.3 is 6.03 Å². The summed E-state index contributed by atoms with van der Waals surface area (Å²) >= 11 is 0. The lowest BCUT2D eigenvalue weighted by Gasteiger charge is -2.16. The van der Waals surface area contributed by atoms with E-state index in [9.17, 15) is 9.90 Å². The Morgan fingerprint density at radius 3 is 2.60 bits per heavy atom. The molecule has 3 rings (SSSR count). The maximum atomic E-state index is 12.2. The maximum absolute atomic E-state index is 12.2. The lowest BCUT2D eigenvalue weighted by molar-refractivity contribution is 0.133. The fourth-order valence-electron chi connectivity index (χ4n) is 3.09. The number of rotatable bonds is 6. The third-order valence-corrected chi connectivity index (χ3v) is 4.55. The molecule has 2 atom stereocenters. The molecule has 0 aromatic heterocycles. The van der Waals surface area contributed by atoms with Gasteiger partial charge in [0, 0.05) is 23.7 Å². The largest absolute Gasteiger partial charge is 0.489 e. The van der Waals surface area contributed by atoms with Crippen molar-refractivity contribution < 1.29 is 14.6 Å². The van der Waals surface area contributed by atoms with Crippen LogP contribution in [0, 0.1) is 5.92 Å². The third kappa shape index (κ3) is 4.97. The number of hydrogen-bond acceptors (Lipinski definition) is 3. The molecule has 2 aromatic carbocycles. The number of carbonyl (C=O) groups is 1. The van der Waals surface area contributed by atoms with E-state index in [-0.39, 0.29) is 18.1 Å². The Morgan fingerprint density at radius 2 is 1.84 bits per heavy atom. The molecule has 0 aliphatic heterocycles. The van der Waals surface area contributed by atoms with Crippen molar-refractivity contribution in [3.05, 3.63) is 60.2 Å². The topological polar surface area (TPSA) is 70.6 Å². The highest BCUT2D eigenvalue weighted by atomic mass is 16.5. The second-order valence-electron chi connectivity index (χ2n) is 6.35. The molecule has 2 aromatic rings. The SMILES string of the molecule is O=C(NC[C@@H]1CCC[C@H]1O)Nc1ccccc1COc1ccccc1. The number of ether oxygens (including phenoxy) is 1. The van der Waals surface area contributed by atoms with Crippen LogP contribution in [0.2, 0.25) is 0 Å². The van der Waals surface area contributed by atoms with E-state index >= 15 is 0 Å². The Balaban J connectivity index is 1.54. The fraction of sp³-hybridized carbons (Fsp3) is 0.350. The van der Waals surface area contributed by atoms with Gasteiger partial charge in [0.2, 0.25) is 0 Å². The van der Waals surface area contributed by atoms with E-state index in [1.807, 2.05) is 54.6 Å². The summed E-state index contributed by atoms with van der Waals surface area (Å²) in [6.45, 7) is 0.873. The lowest BCUT2D eigenvalue weighted by Crippen LogP contribution is -2.35. The predicted molar refractivity (Wildman–Crippen MR) is 97.6 cm³/mol. The summed E-state index contributed by atoms with van der Waals surface area (Å²) < 4.78 is 5.76. The molecule has 0 bridgehead atoms. The zero-order chi connectivity index (χ0) is 17.5. The predicted octanol–water partition coefficient (Wildman–Crippen LogP) is 3.55. The second kappa shape index (κ2) is 8.53. The molecule has 0 radical (unpaired) electrons. The van der Waals surface area contributed by atoms with Gasteiger partial charge in [-0.15, -0.1) is 0 Å². The average molecular weight is 340 g/mol. The highest BCUT2D eigenvalue weighted by Crippen LogP contribution is 2.24. The van der Waals surface area contributed by atoms with Crippen molar-refractivity contribution in [2.75, 3.05) is 11.9 Å². The summed E-state index contributed by atoms with van der Waals surface area (Å²) in [4.78, 5) is 12.2. The normalized spacial score (nSPS) is 19.4. The van der Waals surface area contributed by atoms with Crippen LogP contribution >= 0.6 is 0 Å². The maximum Gasteiger partial charge on any atom is 0.319 e. The van der Waals surface area contributed by atoms with Gasteiger partial charge in [0.05, 0.1) is 6.10 Å². The molecule has 0 saturated heterocycles. The lowest BCUT2D eigenvalue weighted by atomic mass is 10.1. The highest BCUT2D eigenvalue weighted by Gasteiger charge is 2.25. The summed E-state index contributed by atoms with van der Waals surface area (Å²) in [5.41, 5.74) is 1.63. The van der Waals surface area contributed by atoms with Crippen molar-refractivity contribution in [1.82, 2.24) is 5.32 Å². The molecule has 0 heterocycles.